The molecule has 1 aliphatic heterocycles. The van der Waals surface area contributed by atoms with Crippen LogP contribution in [0, 0.1) is 10.1 Å². The van der Waals surface area contributed by atoms with Gasteiger partial charge < -0.3 is 9.47 Å². The summed E-state index contributed by atoms with van der Waals surface area (Å²) in [5.74, 6) is -2.20. The molecule has 1 amide bonds. The minimum atomic E-state index is -2.19. The Kier molecular flexibility index (Phi) is 5.36. The monoisotopic (exact) mass is 458 g/mol. The first-order valence-electron chi connectivity index (χ1n) is 8.49. The Bertz CT molecular complexity index is 967. The van der Waals surface area contributed by atoms with E-state index in [1.54, 1.807) is 12.1 Å². The lowest BCUT2D eigenvalue weighted by molar-refractivity contribution is -0.384. The summed E-state index contributed by atoms with van der Waals surface area (Å²) in [5, 5.41) is 13.2. The highest BCUT2D eigenvalue weighted by Gasteiger charge is 2.59. The SMILES string of the molecule is CC(C)(C)c1ccc2c(c1)OC(NC(=O)c1ccc([N+](=O)[O-])cc1)(C(Cl)(Cl)Cl)O2. The fourth-order valence-electron chi connectivity index (χ4n) is 2.66. The maximum absolute atomic E-state index is 12.7. The average Bonchev–Trinajstić information content (AvgIpc) is 2.99. The van der Waals surface area contributed by atoms with E-state index in [2.05, 4.69) is 5.32 Å². The lowest BCUT2D eigenvalue weighted by Crippen LogP contribution is -2.63. The van der Waals surface area contributed by atoms with Crippen molar-refractivity contribution in [2.45, 2.75) is 35.9 Å². The van der Waals surface area contributed by atoms with Crippen molar-refractivity contribution in [2.75, 3.05) is 0 Å². The Labute approximate surface area is 182 Å². The number of amides is 1. The molecule has 1 heterocycles. The molecule has 7 nitrogen and oxygen atoms in total. The number of halogens is 3. The summed E-state index contributed by atoms with van der Waals surface area (Å²) in [7, 11) is 0. The fraction of sp³-hybridized carbons (Fsp3) is 0.316. The largest absolute Gasteiger partial charge is 0.428 e. The number of hydrogen-bond donors (Lipinski definition) is 1. The van der Waals surface area contributed by atoms with Crippen LogP contribution < -0.4 is 14.8 Å². The Morgan fingerprint density at radius 3 is 2.14 bits per heavy atom. The van der Waals surface area contributed by atoms with E-state index in [9.17, 15) is 14.9 Å². The highest BCUT2D eigenvalue weighted by molar-refractivity contribution is 6.68. The molecule has 0 bridgehead atoms. The summed E-state index contributed by atoms with van der Waals surface area (Å²) in [6.07, 6.45) is 0. The van der Waals surface area contributed by atoms with Crippen LogP contribution in [0.5, 0.6) is 11.5 Å². The number of benzene rings is 2. The van der Waals surface area contributed by atoms with Crippen LogP contribution in [-0.4, -0.2) is 20.5 Å². The van der Waals surface area contributed by atoms with Gasteiger partial charge >= 0.3 is 5.91 Å². The van der Waals surface area contributed by atoms with Crippen molar-refractivity contribution < 1.29 is 19.2 Å². The van der Waals surface area contributed by atoms with Gasteiger partial charge in [-0.2, -0.15) is 0 Å². The van der Waals surface area contributed by atoms with Crippen LogP contribution in [0.25, 0.3) is 0 Å². The van der Waals surface area contributed by atoms with E-state index in [-0.39, 0.29) is 16.7 Å². The number of nitro groups is 1. The summed E-state index contributed by atoms with van der Waals surface area (Å²) in [6.45, 7) is 6.09. The molecule has 1 aliphatic rings. The number of nitro benzene ring substituents is 1. The van der Waals surface area contributed by atoms with E-state index < -0.39 is 20.5 Å². The molecule has 2 aromatic carbocycles. The minimum absolute atomic E-state index is 0.0998. The zero-order chi connectivity index (χ0) is 21.6. The van der Waals surface area contributed by atoms with Gasteiger partial charge in [-0.25, -0.2) is 0 Å². The van der Waals surface area contributed by atoms with Crippen LogP contribution in [0.1, 0.15) is 36.7 Å². The lowest BCUT2D eigenvalue weighted by atomic mass is 9.87. The second-order valence-corrected chi connectivity index (χ2v) is 9.77. The van der Waals surface area contributed by atoms with Gasteiger partial charge in [-0.05, 0) is 35.2 Å². The first-order chi connectivity index (χ1) is 13.3. The van der Waals surface area contributed by atoms with E-state index in [1.165, 1.54) is 24.3 Å². The number of ether oxygens (including phenoxy) is 2. The van der Waals surface area contributed by atoms with Gasteiger partial charge in [0.15, 0.2) is 11.5 Å². The van der Waals surface area contributed by atoms with E-state index in [1.807, 2.05) is 26.8 Å². The van der Waals surface area contributed by atoms with Crippen LogP contribution in [-0.2, 0) is 5.41 Å². The number of nitrogens with one attached hydrogen (secondary N) is 1. The molecule has 1 N–H and O–H groups in total. The van der Waals surface area contributed by atoms with Crippen molar-refractivity contribution in [1.82, 2.24) is 5.32 Å². The van der Waals surface area contributed by atoms with Gasteiger partial charge in [0.25, 0.3) is 15.4 Å². The second-order valence-electron chi connectivity index (χ2n) is 7.49. The molecule has 0 saturated carbocycles. The van der Waals surface area contributed by atoms with Gasteiger partial charge in [-0.1, -0.05) is 61.6 Å². The number of alkyl halides is 3. The summed E-state index contributed by atoms with van der Waals surface area (Å²) >= 11 is 18.3. The number of hydrogen-bond acceptors (Lipinski definition) is 5. The number of fused-ring (bicyclic) bond motifs is 1. The number of non-ortho nitro benzene ring substituents is 1. The van der Waals surface area contributed by atoms with Crippen molar-refractivity contribution in [3.05, 3.63) is 63.7 Å². The minimum Gasteiger partial charge on any atom is -0.428 e. The van der Waals surface area contributed by atoms with Crippen molar-refractivity contribution in [3.63, 3.8) is 0 Å². The standard InChI is InChI=1S/C19H17Cl3N2O5/c1-17(2,3)12-6-9-14-15(10-12)29-19(28-14,18(20,21)22)23-16(25)11-4-7-13(8-5-11)24(26)27/h4-10H,1-3H3,(H,23,25). The molecule has 3 rings (SSSR count). The molecule has 1 unspecified atom stereocenters. The molecule has 0 fully saturated rings. The van der Waals surface area contributed by atoms with E-state index >= 15 is 0 Å². The Hall–Kier alpha value is -2.22. The number of carbonyl (C=O) groups is 1. The second kappa shape index (κ2) is 7.23. The molecular weight excluding hydrogens is 443 g/mol. The Balaban J connectivity index is 1.91. The molecule has 0 saturated heterocycles. The first kappa shape index (κ1) is 21.5. The molecular formula is C19H17Cl3N2O5. The molecule has 0 radical (unpaired) electrons. The molecule has 0 aromatic heterocycles. The van der Waals surface area contributed by atoms with Crippen LogP contribution in [0.4, 0.5) is 5.69 Å². The highest BCUT2D eigenvalue weighted by atomic mass is 35.6. The fourth-order valence-corrected chi connectivity index (χ4v) is 3.04. The smallest absolute Gasteiger partial charge is 0.388 e. The van der Waals surface area contributed by atoms with Gasteiger partial charge in [0.2, 0.25) is 0 Å². The van der Waals surface area contributed by atoms with E-state index in [4.69, 9.17) is 44.3 Å². The van der Waals surface area contributed by atoms with Crippen LogP contribution in [0.2, 0.25) is 0 Å². The Morgan fingerprint density at radius 2 is 1.62 bits per heavy atom. The normalized spacial score (nSPS) is 18.4. The number of nitrogens with zero attached hydrogens (tertiary/aromatic N) is 1. The number of rotatable bonds is 3. The highest BCUT2D eigenvalue weighted by Crippen LogP contribution is 2.49. The topological polar surface area (TPSA) is 90.7 Å². The molecule has 0 aliphatic carbocycles. The molecule has 1 atom stereocenters. The molecule has 29 heavy (non-hydrogen) atoms. The first-order valence-corrected chi connectivity index (χ1v) is 9.62. The zero-order valence-corrected chi connectivity index (χ0v) is 17.9. The van der Waals surface area contributed by atoms with Gasteiger partial charge in [0.1, 0.15) is 0 Å². The van der Waals surface area contributed by atoms with Crippen molar-refractivity contribution in [1.29, 1.82) is 0 Å². The van der Waals surface area contributed by atoms with Crippen molar-refractivity contribution in [3.8, 4) is 11.5 Å². The summed E-state index contributed by atoms with van der Waals surface area (Å²) in [5.41, 5.74) is 0.739. The predicted molar refractivity (Wildman–Crippen MR) is 110 cm³/mol. The van der Waals surface area contributed by atoms with Crippen molar-refractivity contribution in [2.24, 2.45) is 0 Å². The maximum atomic E-state index is 12.7. The predicted octanol–water partition coefficient (Wildman–Crippen LogP) is 5.12. The quantitative estimate of drug-likeness (QED) is 0.391. The van der Waals surface area contributed by atoms with E-state index in [0.29, 0.717) is 11.5 Å². The van der Waals surface area contributed by atoms with Crippen LogP contribution >= 0.6 is 34.8 Å². The van der Waals surface area contributed by atoms with Crippen molar-refractivity contribution >= 4 is 46.4 Å². The molecule has 154 valence electrons. The van der Waals surface area contributed by atoms with Gasteiger partial charge in [-0.3, -0.25) is 20.2 Å². The molecule has 0 spiro atoms. The van der Waals surface area contributed by atoms with Crippen LogP contribution in [0.15, 0.2) is 42.5 Å². The molecule has 10 heteroatoms. The third-order valence-corrected chi connectivity index (χ3v) is 5.06. The van der Waals surface area contributed by atoms with E-state index in [0.717, 1.165) is 5.56 Å². The van der Waals surface area contributed by atoms with Gasteiger partial charge in [0.05, 0.1) is 4.92 Å². The third kappa shape index (κ3) is 4.22. The van der Waals surface area contributed by atoms with Gasteiger partial charge in [-0.15, -0.1) is 0 Å². The Morgan fingerprint density at radius 1 is 1.03 bits per heavy atom. The lowest BCUT2D eigenvalue weighted by Gasteiger charge is -2.33. The average molecular weight is 460 g/mol. The summed E-state index contributed by atoms with van der Waals surface area (Å²) < 4.78 is 9.32. The van der Waals surface area contributed by atoms with Crippen LogP contribution in [0.3, 0.4) is 0 Å². The summed E-state index contributed by atoms with van der Waals surface area (Å²) in [6, 6.07) is 10.2. The maximum Gasteiger partial charge on any atom is 0.388 e. The third-order valence-electron chi connectivity index (χ3n) is 4.31. The van der Waals surface area contributed by atoms with Gasteiger partial charge in [0, 0.05) is 17.7 Å². The zero-order valence-electron chi connectivity index (χ0n) is 15.7. The summed E-state index contributed by atoms with van der Waals surface area (Å²) in [4.78, 5) is 22.9. The number of carbonyl (C=O) groups excluding carboxylic acids is 1. The molecule has 2 aromatic rings.